The lowest BCUT2D eigenvalue weighted by Crippen LogP contribution is -2.65. The summed E-state index contributed by atoms with van der Waals surface area (Å²) < 4.78 is 13.4. The van der Waals surface area contributed by atoms with Gasteiger partial charge in [-0.25, -0.2) is 4.79 Å². The van der Waals surface area contributed by atoms with E-state index in [2.05, 4.69) is 18.2 Å². The van der Waals surface area contributed by atoms with Crippen molar-refractivity contribution in [1.82, 2.24) is 0 Å². The second-order valence-electron chi connectivity index (χ2n) is 12.0. The standard InChI is InChI=1S/C31H42NO4S/c33-30(31(34,26-9-3-4-10-26)29-11-5-20-37-29)36-28-22-32(17-14-24(28)15-18-32)16-6-19-35-27-13-12-23-7-1-2-8-25(23)21-27/h5,11-13,20-21,24,26,28,34H,1-4,6-10,14-19,22H2/q+1/t24?,28-,31+,32?/m0/s1. The topological polar surface area (TPSA) is 55.8 Å². The third-order valence-electron chi connectivity index (χ3n) is 9.82. The molecule has 1 saturated carbocycles. The molecule has 5 nitrogen and oxygen atoms in total. The molecule has 1 N–H and O–H groups in total. The van der Waals surface area contributed by atoms with Gasteiger partial charge in [-0.05, 0) is 73.2 Å². The van der Waals surface area contributed by atoms with Crippen LogP contribution in [0.25, 0.3) is 0 Å². The first-order chi connectivity index (χ1) is 18.1. The molecule has 37 heavy (non-hydrogen) atoms. The molecule has 0 spiro atoms. The van der Waals surface area contributed by atoms with Gasteiger partial charge < -0.3 is 19.1 Å². The van der Waals surface area contributed by atoms with Crippen molar-refractivity contribution < 1.29 is 23.9 Å². The smallest absolute Gasteiger partial charge is 0.344 e. The number of aliphatic hydroxyl groups is 1. The molecule has 4 fully saturated rings. The van der Waals surface area contributed by atoms with Crippen molar-refractivity contribution in [3.63, 3.8) is 0 Å². The van der Waals surface area contributed by atoms with Gasteiger partial charge in [0.15, 0.2) is 11.7 Å². The number of benzene rings is 1. The number of esters is 1. The van der Waals surface area contributed by atoms with E-state index in [0.29, 0.717) is 5.92 Å². The van der Waals surface area contributed by atoms with Crippen LogP contribution in [0.3, 0.4) is 0 Å². The molecule has 5 aliphatic rings. The number of nitrogens with zero attached hydrogens (tertiary/aromatic N) is 1. The summed E-state index contributed by atoms with van der Waals surface area (Å²) in [6, 6.07) is 10.5. The number of aryl methyl sites for hydroxylation is 2. The number of thiophene rings is 1. The molecule has 1 aromatic heterocycles. The number of hydrogen-bond acceptors (Lipinski definition) is 5. The van der Waals surface area contributed by atoms with Gasteiger partial charge in [0.05, 0.1) is 26.2 Å². The Hall–Kier alpha value is -1.89. The van der Waals surface area contributed by atoms with Gasteiger partial charge >= 0.3 is 5.97 Å². The molecule has 2 aliphatic carbocycles. The minimum absolute atomic E-state index is 0.0383. The Morgan fingerprint density at radius 2 is 1.81 bits per heavy atom. The van der Waals surface area contributed by atoms with Crippen LogP contribution in [-0.4, -0.2) is 54.4 Å². The van der Waals surface area contributed by atoms with Gasteiger partial charge in [0.2, 0.25) is 0 Å². The molecule has 4 heterocycles. The Labute approximate surface area is 225 Å². The fourth-order valence-electron chi connectivity index (χ4n) is 7.59. The minimum atomic E-state index is -1.50. The predicted octanol–water partition coefficient (Wildman–Crippen LogP) is 5.63. The third kappa shape index (κ3) is 5.09. The highest BCUT2D eigenvalue weighted by Crippen LogP contribution is 2.44. The molecule has 2 atom stereocenters. The van der Waals surface area contributed by atoms with E-state index in [1.54, 1.807) is 0 Å². The van der Waals surface area contributed by atoms with Crippen LogP contribution in [0.2, 0.25) is 0 Å². The summed E-state index contributed by atoms with van der Waals surface area (Å²) in [7, 11) is 0. The van der Waals surface area contributed by atoms with Crippen LogP contribution in [0.15, 0.2) is 35.7 Å². The van der Waals surface area contributed by atoms with Crippen molar-refractivity contribution in [1.29, 1.82) is 0 Å². The SMILES string of the molecule is O=C(O[C@H]1C[N+]2(CCCOc3ccc4c(c3)CCCC4)CCC1CC2)[C@](O)(c1cccs1)C1CCCC1. The zero-order valence-corrected chi connectivity index (χ0v) is 22.9. The van der Waals surface area contributed by atoms with E-state index in [9.17, 15) is 9.90 Å². The number of carbonyl (C=O) groups excluding carboxylic acids is 1. The first-order valence-corrected chi connectivity index (χ1v) is 15.5. The summed E-state index contributed by atoms with van der Waals surface area (Å²) in [6.45, 7) is 4.99. The molecular weight excluding hydrogens is 482 g/mol. The molecule has 2 bridgehead atoms. The number of ether oxygens (including phenoxy) is 2. The number of rotatable bonds is 9. The molecule has 7 rings (SSSR count). The van der Waals surface area contributed by atoms with Crippen LogP contribution in [0, 0.1) is 11.8 Å². The van der Waals surface area contributed by atoms with E-state index in [1.165, 1.54) is 48.1 Å². The highest BCUT2D eigenvalue weighted by Gasteiger charge is 2.53. The zero-order chi connectivity index (χ0) is 25.3. The van der Waals surface area contributed by atoms with Crippen LogP contribution in [0.5, 0.6) is 5.75 Å². The Bertz CT molecular complexity index is 1070. The Morgan fingerprint density at radius 3 is 2.57 bits per heavy atom. The van der Waals surface area contributed by atoms with Crippen molar-refractivity contribution >= 4 is 17.3 Å². The highest BCUT2D eigenvalue weighted by molar-refractivity contribution is 7.10. The maximum Gasteiger partial charge on any atom is 0.344 e. The molecule has 2 aromatic rings. The maximum absolute atomic E-state index is 13.6. The predicted molar refractivity (Wildman–Crippen MR) is 146 cm³/mol. The van der Waals surface area contributed by atoms with Crippen molar-refractivity contribution in [3.8, 4) is 5.75 Å². The van der Waals surface area contributed by atoms with E-state index in [-0.39, 0.29) is 12.0 Å². The Balaban J connectivity index is 1.06. The Kier molecular flexibility index (Phi) is 7.34. The van der Waals surface area contributed by atoms with E-state index < -0.39 is 11.6 Å². The fraction of sp³-hybridized carbons (Fsp3) is 0.645. The fourth-order valence-corrected chi connectivity index (χ4v) is 8.48. The highest BCUT2D eigenvalue weighted by atomic mass is 32.1. The van der Waals surface area contributed by atoms with Crippen LogP contribution in [-0.2, 0) is 28.0 Å². The van der Waals surface area contributed by atoms with Crippen molar-refractivity contribution in [2.75, 3.05) is 32.8 Å². The van der Waals surface area contributed by atoms with Crippen LogP contribution >= 0.6 is 11.3 Å². The summed E-state index contributed by atoms with van der Waals surface area (Å²) in [6.07, 6.45) is 12.0. The average Bonchev–Trinajstić information content (AvgIpc) is 3.67. The summed E-state index contributed by atoms with van der Waals surface area (Å²) in [5.74, 6) is 0.981. The molecule has 200 valence electrons. The molecule has 0 amide bonds. The monoisotopic (exact) mass is 524 g/mol. The lowest BCUT2D eigenvalue weighted by Gasteiger charge is -2.52. The largest absolute Gasteiger partial charge is 0.493 e. The molecule has 0 unspecified atom stereocenters. The van der Waals surface area contributed by atoms with E-state index in [0.717, 1.165) is 92.8 Å². The number of quaternary nitrogens is 1. The summed E-state index contributed by atoms with van der Waals surface area (Å²) >= 11 is 1.47. The molecule has 0 radical (unpaired) electrons. The lowest BCUT2D eigenvalue weighted by atomic mass is 9.82. The molecular formula is C31H42NO4S+. The summed E-state index contributed by atoms with van der Waals surface area (Å²) in [4.78, 5) is 14.4. The van der Waals surface area contributed by atoms with E-state index in [1.807, 2.05) is 17.5 Å². The Morgan fingerprint density at radius 1 is 1.03 bits per heavy atom. The number of piperidine rings is 3. The average molecular weight is 525 g/mol. The van der Waals surface area contributed by atoms with Gasteiger partial charge in [-0.1, -0.05) is 25.0 Å². The number of carbonyl (C=O) groups is 1. The van der Waals surface area contributed by atoms with Crippen molar-refractivity contribution in [2.24, 2.45) is 11.8 Å². The first kappa shape index (κ1) is 25.4. The van der Waals surface area contributed by atoms with Gasteiger partial charge in [0, 0.05) is 36.0 Å². The number of hydrogen-bond donors (Lipinski definition) is 1. The maximum atomic E-state index is 13.6. The molecule has 6 heteroatoms. The molecule has 3 saturated heterocycles. The minimum Gasteiger partial charge on any atom is -0.493 e. The summed E-state index contributed by atoms with van der Waals surface area (Å²) in [5.41, 5.74) is 1.46. The van der Waals surface area contributed by atoms with Gasteiger partial charge in [-0.2, -0.15) is 0 Å². The first-order valence-electron chi connectivity index (χ1n) is 14.6. The normalized spacial score (nSPS) is 29.0. The number of fused-ring (bicyclic) bond motifs is 4. The van der Waals surface area contributed by atoms with Gasteiger partial charge in [0.1, 0.15) is 12.3 Å². The second-order valence-corrected chi connectivity index (χ2v) is 13.0. The van der Waals surface area contributed by atoms with Gasteiger partial charge in [0.25, 0.3) is 0 Å². The van der Waals surface area contributed by atoms with Gasteiger partial charge in [-0.3, -0.25) is 0 Å². The van der Waals surface area contributed by atoms with E-state index >= 15 is 0 Å². The zero-order valence-electron chi connectivity index (χ0n) is 22.0. The lowest BCUT2D eigenvalue weighted by molar-refractivity contribution is -0.946. The van der Waals surface area contributed by atoms with Crippen LogP contribution in [0.1, 0.15) is 73.8 Å². The third-order valence-corrected chi connectivity index (χ3v) is 10.8. The van der Waals surface area contributed by atoms with Gasteiger partial charge in [-0.15, -0.1) is 11.3 Å². The van der Waals surface area contributed by atoms with E-state index in [4.69, 9.17) is 9.47 Å². The summed E-state index contributed by atoms with van der Waals surface area (Å²) in [5, 5.41) is 13.7. The van der Waals surface area contributed by atoms with Crippen molar-refractivity contribution in [3.05, 3.63) is 51.7 Å². The van der Waals surface area contributed by atoms with Crippen LogP contribution in [0.4, 0.5) is 0 Å². The molecule has 3 aliphatic heterocycles. The van der Waals surface area contributed by atoms with Crippen LogP contribution < -0.4 is 4.74 Å². The quantitative estimate of drug-likeness (QED) is 0.263. The van der Waals surface area contributed by atoms with Crippen molar-refractivity contribution in [2.45, 2.75) is 82.3 Å². The molecule has 1 aromatic carbocycles. The second kappa shape index (κ2) is 10.7.